The topological polar surface area (TPSA) is 72.5 Å². The molecule has 0 aromatic heterocycles. The Balaban J connectivity index is 3.00. The van der Waals surface area contributed by atoms with E-state index in [0.29, 0.717) is 5.92 Å². The molecule has 1 unspecified atom stereocenters. The van der Waals surface area contributed by atoms with E-state index in [1.807, 2.05) is 18.2 Å². The fourth-order valence-electron chi connectivity index (χ4n) is 1.74. The molecule has 0 fully saturated rings. The van der Waals surface area contributed by atoms with E-state index in [1.165, 1.54) is 0 Å². The molecule has 1 aromatic rings. The third-order valence-electron chi connectivity index (χ3n) is 2.70. The van der Waals surface area contributed by atoms with Crippen LogP contribution in [0.4, 0.5) is 0 Å². The highest BCUT2D eigenvalue weighted by molar-refractivity contribution is 5.68. The van der Waals surface area contributed by atoms with Gasteiger partial charge in [-0.05, 0) is 23.1 Å². The Morgan fingerprint density at radius 1 is 1.47 bits per heavy atom. The number of carboxylic acid groups (broad SMARTS) is 1. The van der Waals surface area contributed by atoms with E-state index in [2.05, 4.69) is 13.8 Å². The largest absolute Gasteiger partial charge is 0.496 e. The van der Waals surface area contributed by atoms with Crippen molar-refractivity contribution in [3.05, 3.63) is 29.3 Å². The molecule has 0 heterocycles. The highest BCUT2D eigenvalue weighted by atomic mass is 16.5. The molecule has 0 saturated heterocycles. The Hall–Kier alpha value is -1.55. The van der Waals surface area contributed by atoms with Gasteiger partial charge >= 0.3 is 5.97 Å². The number of benzene rings is 1. The van der Waals surface area contributed by atoms with Crippen LogP contribution in [0.25, 0.3) is 0 Å². The minimum Gasteiger partial charge on any atom is -0.496 e. The maximum Gasteiger partial charge on any atom is 0.305 e. The van der Waals surface area contributed by atoms with Crippen LogP contribution < -0.4 is 10.5 Å². The van der Waals surface area contributed by atoms with Crippen molar-refractivity contribution in [3.63, 3.8) is 0 Å². The highest BCUT2D eigenvalue weighted by Gasteiger charge is 2.14. The van der Waals surface area contributed by atoms with E-state index in [1.54, 1.807) is 7.11 Å². The van der Waals surface area contributed by atoms with Crippen molar-refractivity contribution in [3.8, 4) is 5.75 Å². The summed E-state index contributed by atoms with van der Waals surface area (Å²) in [6.07, 6.45) is -0.0792. The number of methoxy groups -OCH3 is 1. The molecule has 0 spiro atoms. The molecule has 0 aliphatic rings. The number of carboxylic acids is 1. The predicted molar refractivity (Wildman–Crippen MR) is 66.3 cm³/mol. The molecule has 4 heteroatoms. The van der Waals surface area contributed by atoms with E-state index >= 15 is 0 Å². The molecule has 1 rings (SSSR count). The maximum atomic E-state index is 10.6. The fourth-order valence-corrected chi connectivity index (χ4v) is 1.74. The summed E-state index contributed by atoms with van der Waals surface area (Å²) in [5.41, 5.74) is 7.69. The van der Waals surface area contributed by atoms with Gasteiger partial charge in [0, 0.05) is 6.04 Å². The number of hydrogen-bond donors (Lipinski definition) is 2. The summed E-state index contributed by atoms with van der Waals surface area (Å²) in [6, 6.07) is 5.14. The first-order valence-electron chi connectivity index (χ1n) is 5.61. The average Bonchev–Trinajstić information content (AvgIpc) is 2.27. The molecule has 0 saturated carbocycles. The van der Waals surface area contributed by atoms with E-state index in [9.17, 15) is 4.79 Å². The summed E-state index contributed by atoms with van der Waals surface area (Å²) in [5.74, 6) is 0.220. The number of carbonyl (C=O) groups is 1. The molecule has 1 aromatic carbocycles. The first-order chi connectivity index (χ1) is 7.95. The minimum absolute atomic E-state index is 0.0792. The molecular weight excluding hydrogens is 218 g/mol. The van der Waals surface area contributed by atoms with Gasteiger partial charge < -0.3 is 15.6 Å². The first-order valence-corrected chi connectivity index (χ1v) is 5.61. The summed E-state index contributed by atoms with van der Waals surface area (Å²) in [7, 11) is 1.60. The van der Waals surface area contributed by atoms with Gasteiger partial charge in [-0.1, -0.05) is 26.0 Å². The van der Waals surface area contributed by atoms with Crippen LogP contribution in [0.3, 0.4) is 0 Å². The maximum absolute atomic E-state index is 10.6. The molecule has 0 bridgehead atoms. The zero-order valence-corrected chi connectivity index (χ0v) is 10.4. The number of aliphatic carboxylic acids is 1. The van der Waals surface area contributed by atoms with Gasteiger partial charge in [-0.3, -0.25) is 4.79 Å². The van der Waals surface area contributed by atoms with Crippen LogP contribution in [-0.4, -0.2) is 18.2 Å². The Kier molecular flexibility index (Phi) is 4.52. The second-order valence-electron chi connectivity index (χ2n) is 4.36. The Labute approximate surface area is 101 Å². The molecule has 4 nitrogen and oxygen atoms in total. The fraction of sp³-hybridized carbons (Fsp3) is 0.462. The molecule has 0 radical (unpaired) electrons. The van der Waals surface area contributed by atoms with Crippen molar-refractivity contribution in [1.29, 1.82) is 0 Å². The zero-order valence-electron chi connectivity index (χ0n) is 10.4. The third-order valence-corrected chi connectivity index (χ3v) is 2.70. The van der Waals surface area contributed by atoms with E-state index in [0.717, 1.165) is 16.9 Å². The average molecular weight is 237 g/mol. The second kappa shape index (κ2) is 5.68. The normalized spacial score (nSPS) is 12.5. The van der Waals surface area contributed by atoms with Crippen molar-refractivity contribution >= 4 is 5.97 Å². The van der Waals surface area contributed by atoms with Crippen molar-refractivity contribution < 1.29 is 14.6 Å². The Bertz CT molecular complexity index is 402. The third kappa shape index (κ3) is 3.46. The van der Waals surface area contributed by atoms with Crippen LogP contribution in [0.1, 0.15) is 43.4 Å². The van der Waals surface area contributed by atoms with E-state index < -0.39 is 12.0 Å². The van der Waals surface area contributed by atoms with Gasteiger partial charge in [-0.25, -0.2) is 0 Å². The molecular formula is C13H19NO3. The van der Waals surface area contributed by atoms with Gasteiger partial charge in [-0.2, -0.15) is 0 Å². The molecule has 0 aliphatic heterocycles. The van der Waals surface area contributed by atoms with Gasteiger partial charge in [0.05, 0.1) is 13.5 Å². The van der Waals surface area contributed by atoms with Crippen LogP contribution in [0.2, 0.25) is 0 Å². The standard InChI is InChI=1S/C13H19NO3/c1-8(2)10-5-4-9(6-12(10)17-3)11(14)7-13(15)16/h4-6,8,11H,7,14H2,1-3H3,(H,15,16). The smallest absolute Gasteiger partial charge is 0.305 e. The number of rotatable bonds is 5. The lowest BCUT2D eigenvalue weighted by molar-refractivity contribution is -0.137. The summed E-state index contributed by atoms with van der Waals surface area (Å²) in [6.45, 7) is 4.16. The molecule has 3 N–H and O–H groups in total. The highest BCUT2D eigenvalue weighted by Crippen LogP contribution is 2.29. The van der Waals surface area contributed by atoms with Gasteiger partial charge in [0.15, 0.2) is 0 Å². The van der Waals surface area contributed by atoms with Crippen molar-refractivity contribution in [1.82, 2.24) is 0 Å². The van der Waals surface area contributed by atoms with Crippen molar-refractivity contribution in [2.24, 2.45) is 5.73 Å². The van der Waals surface area contributed by atoms with Gasteiger partial charge in [0.1, 0.15) is 5.75 Å². The van der Waals surface area contributed by atoms with Crippen LogP contribution in [-0.2, 0) is 4.79 Å². The predicted octanol–water partition coefficient (Wildman–Crippen LogP) is 2.29. The molecule has 1 atom stereocenters. The molecule has 0 aliphatic carbocycles. The molecule has 94 valence electrons. The quantitative estimate of drug-likeness (QED) is 0.824. The van der Waals surface area contributed by atoms with Gasteiger partial charge in [0.2, 0.25) is 0 Å². The van der Waals surface area contributed by atoms with Crippen LogP contribution in [0, 0.1) is 0 Å². The van der Waals surface area contributed by atoms with E-state index in [4.69, 9.17) is 15.6 Å². The zero-order chi connectivity index (χ0) is 13.0. The van der Waals surface area contributed by atoms with Crippen molar-refractivity contribution in [2.45, 2.75) is 32.2 Å². The van der Waals surface area contributed by atoms with Gasteiger partial charge in [0.25, 0.3) is 0 Å². The first kappa shape index (κ1) is 13.5. The number of hydrogen-bond acceptors (Lipinski definition) is 3. The Morgan fingerprint density at radius 3 is 2.59 bits per heavy atom. The lowest BCUT2D eigenvalue weighted by Gasteiger charge is -2.16. The van der Waals surface area contributed by atoms with Crippen LogP contribution in [0.15, 0.2) is 18.2 Å². The molecule has 17 heavy (non-hydrogen) atoms. The van der Waals surface area contributed by atoms with Crippen molar-refractivity contribution in [2.75, 3.05) is 7.11 Å². The van der Waals surface area contributed by atoms with Gasteiger partial charge in [-0.15, -0.1) is 0 Å². The number of ether oxygens (including phenoxy) is 1. The summed E-state index contributed by atoms with van der Waals surface area (Å²) in [4.78, 5) is 10.6. The van der Waals surface area contributed by atoms with Crippen LogP contribution >= 0.6 is 0 Å². The molecule has 0 amide bonds. The number of nitrogens with two attached hydrogens (primary N) is 1. The lowest BCUT2D eigenvalue weighted by Crippen LogP contribution is -2.15. The van der Waals surface area contributed by atoms with E-state index in [-0.39, 0.29) is 6.42 Å². The summed E-state index contributed by atoms with van der Waals surface area (Å²) in [5, 5.41) is 8.70. The lowest BCUT2D eigenvalue weighted by atomic mass is 9.97. The second-order valence-corrected chi connectivity index (χ2v) is 4.36. The summed E-state index contributed by atoms with van der Waals surface area (Å²) < 4.78 is 5.30. The Morgan fingerprint density at radius 2 is 2.12 bits per heavy atom. The SMILES string of the molecule is COc1cc(C(N)CC(=O)O)ccc1C(C)C. The summed E-state index contributed by atoms with van der Waals surface area (Å²) >= 11 is 0. The monoisotopic (exact) mass is 237 g/mol. The minimum atomic E-state index is -0.899. The van der Waals surface area contributed by atoms with Crippen LogP contribution in [0.5, 0.6) is 5.75 Å².